The quantitative estimate of drug-likeness (QED) is 0.441. The summed E-state index contributed by atoms with van der Waals surface area (Å²) in [5.41, 5.74) is 1.89. The van der Waals surface area contributed by atoms with E-state index in [1.54, 1.807) is 32.2 Å². The van der Waals surface area contributed by atoms with Crippen molar-refractivity contribution in [2.45, 2.75) is 30.7 Å². The molecule has 4 rings (SSSR count). The van der Waals surface area contributed by atoms with E-state index >= 15 is 0 Å². The van der Waals surface area contributed by atoms with Crippen molar-refractivity contribution in [2.24, 2.45) is 0 Å². The molecule has 190 valence electrons. The predicted octanol–water partition coefficient (Wildman–Crippen LogP) is 4.51. The van der Waals surface area contributed by atoms with Crippen LogP contribution in [0.1, 0.15) is 40.4 Å². The van der Waals surface area contributed by atoms with Crippen molar-refractivity contribution < 1.29 is 22.3 Å². The number of amides is 1. The third-order valence-electron chi connectivity index (χ3n) is 6.37. The highest BCUT2D eigenvalue weighted by Gasteiger charge is 2.26. The minimum Gasteiger partial charge on any atom is -0.496 e. The van der Waals surface area contributed by atoms with Gasteiger partial charge in [0.15, 0.2) is 0 Å². The number of nitrogens with one attached hydrogen (secondary N) is 2. The molecule has 2 N–H and O–H groups in total. The lowest BCUT2D eigenvalue weighted by atomic mass is 10.0. The molecule has 0 bridgehead atoms. The van der Waals surface area contributed by atoms with Crippen LogP contribution in [0.5, 0.6) is 5.75 Å². The smallest absolute Gasteiger partial charge is 0.261 e. The second kappa shape index (κ2) is 11.1. The minimum absolute atomic E-state index is 0.0503. The molecular formula is C27H30FN3O4S. The van der Waals surface area contributed by atoms with Gasteiger partial charge in [0.1, 0.15) is 11.6 Å². The first-order chi connectivity index (χ1) is 17.3. The fourth-order valence-corrected chi connectivity index (χ4v) is 5.46. The number of para-hydroxylation sites is 1. The maximum absolute atomic E-state index is 13.9. The highest BCUT2D eigenvalue weighted by molar-refractivity contribution is 7.92. The normalized spacial score (nSPS) is 14.9. The number of aryl methyl sites for hydroxylation is 1. The van der Waals surface area contributed by atoms with Crippen molar-refractivity contribution in [3.05, 3.63) is 89.2 Å². The van der Waals surface area contributed by atoms with Gasteiger partial charge in [-0.2, -0.15) is 0 Å². The van der Waals surface area contributed by atoms with Crippen molar-refractivity contribution in [3.8, 4) is 5.75 Å². The van der Waals surface area contributed by atoms with Crippen LogP contribution in [-0.2, 0) is 10.0 Å². The summed E-state index contributed by atoms with van der Waals surface area (Å²) in [4.78, 5) is 15.2. The SMILES string of the molecule is COc1ccccc1[C@H](CNC(=O)c1cccc(NS(=O)(=O)c2ccc(C)c(F)c2)c1)N1CCCC1. The van der Waals surface area contributed by atoms with Gasteiger partial charge in [0.25, 0.3) is 15.9 Å². The lowest BCUT2D eigenvalue weighted by Gasteiger charge is -2.29. The molecule has 1 heterocycles. The number of anilines is 1. The van der Waals surface area contributed by atoms with Gasteiger partial charge in [-0.25, -0.2) is 12.8 Å². The number of nitrogens with zero attached hydrogens (tertiary/aromatic N) is 1. The predicted molar refractivity (Wildman–Crippen MR) is 137 cm³/mol. The molecular weight excluding hydrogens is 481 g/mol. The Kier molecular flexibility index (Phi) is 7.91. The molecule has 0 saturated carbocycles. The molecule has 0 aliphatic carbocycles. The summed E-state index contributed by atoms with van der Waals surface area (Å²) in [6.45, 7) is 3.81. The van der Waals surface area contributed by atoms with E-state index < -0.39 is 15.8 Å². The van der Waals surface area contributed by atoms with Gasteiger partial charge in [0.2, 0.25) is 0 Å². The molecule has 1 atom stereocenters. The van der Waals surface area contributed by atoms with Crippen LogP contribution in [0.3, 0.4) is 0 Å². The number of halogens is 1. The lowest BCUT2D eigenvalue weighted by Crippen LogP contribution is -2.37. The lowest BCUT2D eigenvalue weighted by molar-refractivity contribution is 0.0937. The summed E-state index contributed by atoms with van der Waals surface area (Å²) < 4.78 is 47.3. The minimum atomic E-state index is -4.02. The molecule has 9 heteroatoms. The Morgan fingerprint density at radius 2 is 1.81 bits per heavy atom. The number of methoxy groups -OCH3 is 1. The molecule has 1 saturated heterocycles. The Balaban J connectivity index is 1.49. The van der Waals surface area contributed by atoms with E-state index in [-0.39, 0.29) is 22.5 Å². The van der Waals surface area contributed by atoms with Gasteiger partial charge in [-0.1, -0.05) is 30.3 Å². The molecule has 0 unspecified atom stereocenters. The average Bonchev–Trinajstić information content (AvgIpc) is 3.40. The van der Waals surface area contributed by atoms with Crippen LogP contribution in [-0.4, -0.2) is 46.0 Å². The molecule has 1 aliphatic rings. The summed E-state index contributed by atoms with van der Waals surface area (Å²) in [6, 6.07) is 17.7. The molecule has 0 aromatic heterocycles. The zero-order valence-corrected chi connectivity index (χ0v) is 21.1. The number of likely N-dealkylation sites (tertiary alicyclic amines) is 1. The van der Waals surface area contributed by atoms with Crippen LogP contribution in [0.4, 0.5) is 10.1 Å². The number of rotatable bonds is 9. The second-order valence-electron chi connectivity index (χ2n) is 8.81. The third kappa shape index (κ3) is 5.85. The number of carbonyl (C=O) groups excluding carboxylic acids is 1. The van der Waals surface area contributed by atoms with Gasteiger partial charge in [-0.3, -0.25) is 14.4 Å². The first kappa shape index (κ1) is 25.7. The molecule has 1 fully saturated rings. The van der Waals surface area contributed by atoms with E-state index in [1.807, 2.05) is 24.3 Å². The van der Waals surface area contributed by atoms with E-state index in [2.05, 4.69) is 14.9 Å². The van der Waals surface area contributed by atoms with Crippen molar-refractivity contribution >= 4 is 21.6 Å². The number of ether oxygens (including phenoxy) is 1. The molecule has 7 nitrogen and oxygen atoms in total. The first-order valence-corrected chi connectivity index (χ1v) is 13.3. The summed E-state index contributed by atoms with van der Waals surface area (Å²) in [5.74, 6) is -0.155. The van der Waals surface area contributed by atoms with E-state index in [0.29, 0.717) is 17.7 Å². The van der Waals surface area contributed by atoms with Crippen LogP contribution >= 0.6 is 0 Å². The Hall–Kier alpha value is -3.43. The molecule has 1 aliphatic heterocycles. The Morgan fingerprint density at radius 1 is 1.06 bits per heavy atom. The largest absolute Gasteiger partial charge is 0.496 e. The summed E-state index contributed by atoms with van der Waals surface area (Å²) in [5, 5.41) is 3.00. The number of carbonyl (C=O) groups is 1. The monoisotopic (exact) mass is 511 g/mol. The molecule has 36 heavy (non-hydrogen) atoms. The van der Waals surface area contributed by atoms with E-state index in [0.717, 1.165) is 43.3 Å². The number of benzene rings is 3. The van der Waals surface area contributed by atoms with Crippen molar-refractivity contribution in [3.63, 3.8) is 0 Å². The van der Waals surface area contributed by atoms with Crippen LogP contribution in [0.25, 0.3) is 0 Å². The van der Waals surface area contributed by atoms with E-state index in [4.69, 9.17) is 4.74 Å². The summed E-state index contributed by atoms with van der Waals surface area (Å²) in [7, 11) is -2.38. The van der Waals surface area contributed by atoms with Gasteiger partial charge in [-0.05, 0) is 74.8 Å². The van der Waals surface area contributed by atoms with Gasteiger partial charge in [0.05, 0.1) is 18.0 Å². The first-order valence-electron chi connectivity index (χ1n) is 11.8. The third-order valence-corrected chi connectivity index (χ3v) is 7.74. The fraction of sp³-hybridized carbons (Fsp3) is 0.296. The number of hydrogen-bond acceptors (Lipinski definition) is 5. The molecule has 3 aromatic carbocycles. The van der Waals surface area contributed by atoms with Crippen LogP contribution < -0.4 is 14.8 Å². The maximum atomic E-state index is 13.9. The summed E-state index contributed by atoms with van der Waals surface area (Å²) >= 11 is 0. The fourth-order valence-electron chi connectivity index (χ4n) is 4.40. The topological polar surface area (TPSA) is 87.7 Å². The molecule has 0 radical (unpaired) electrons. The van der Waals surface area contributed by atoms with E-state index in [1.165, 1.54) is 18.2 Å². The van der Waals surface area contributed by atoms with Crippen LogP contribution in [0.15, 0.2) is 71.6 Å². The van der Waals surface area contributed by atoms with Crippen molar-refractivity contribution in [1.29, 1.82) is 0 Å². The molecule has 0 spiro atoms. The molecule has 1 amide bonds. The highest BCUT2D eigenvalue weighted by Crippen LogP contribution is 2.31. The van der Waals surface area contributed by atoms with Gasteiger partial charge < -0.3 is 10.1 Å². The maximum Gasteiger partial charge on any atom is 0.261 e. The Morgan fingerprint density at radius 3 is 2.53 bits per heavy atom. The number of hydrogen-bond donors (Lipinski definition) is 2. The van der Waals surface area contributed by atoms with Gasteiger partial charge in [0, 0.05) is 23.4 Å². The van der Waals surface area contributed by atoms with Crippen LogP contribution in [0.2, 0.25) is 0 Å². The van der Waals surface area contributed by atoms with Crippen molar-refractivity contribution in [1.82, 2.24) is 10.2 Å². The Bertz CT molecular complexity index is 1340. The molecule has 3 aromatic rings. The van der Waals surface area contributed by atoms with E-state index in [9.17, 15) is 17.6 Å². The second-order valence-corrected chi connectivity index (χ2v) is 10.5. The highest BCUT2D eigenvalue weighted by atomic mass is 32.2. The van der Waals surface area contributed by atoms with Gasteiger partial charge in [-0.15, -0.1) is 0 Å². The zero-order chi connectivity index (χ0) is 25.7. The van der Waals surface area contributed by atoms with Crippen molar-refractivity contribution in [2.75, 3.05) is 31.5 Å². The Labute approximate surface area is 211 Å². The van der Waals surface area contributed by atoms with Crippen LogP contribution in [0, 0.1) is 12.7 Å². The average molecular weight is 512 g/mol. The standard InChI is InChI=1S/C27H30FN3O4S/c1-19-12-13-22(17-24(19)28)36(33,34)30-21-9-7-8-20(16-21)27(32)29-18-25(31-14-5-6-15-31)23-10-3-4-11-26(23)35-2/h3-4,7-13,16-17,25,30H,5-6,14-15,18H2,1-2H3,(H,29,32)/t25-/m0/s1. The summed E-state index contributed by atoms with van der Waals surface area (Å²) in [6.07, 6.45) is 2.21. The zero-order valence-electron chi connectivity index (χ0n) is 20.3. The number of sulfonamides is 1. The van der Waals surface area contributed by atoms with Gasteiger partial charge >= 0.3 is 0 Å².